The zero-order valence-corrected chi connectivity index (χ0v) is 13.9. The molecule has 1 aliphatic heterocycles. The number of carbonyl (C=O) groups is 1. The van der Waals surface area contributed by atoms with Crippen LogP contribution in [0.25, 0.3) is 0 Å². The molecule has 0 saturated heterocycles. The summed E-state index contributed by atoms with van der Waals surface area (Å²) in [5.41, 5.74) is 3.89. The summed E-state index contributed by atoms with van der Waals surface area (Å²) in [6, 6.07) is 13.5. The van der Waals surface area contributed by atoms with Crippen LogP contribution < -0.4 is 9.64 Å². The van der Waals surface area contributed by atoms with E-state index in [1.54, 1.807) is 0 Å². The summed E-state index contributed by atoms with van der Waals surface area (Å²) in [6.45, 7) is 5.11. The minimum absolute atomic E-state index is 0.142. The van der Waals surface area contributed by atoms with E-state index in [0.29, 0.717) is 18.1 Å². The molecule has 1 amide bonds. The van der Waals surface area contributed by atoms with Crippen LogP contribution in [0.1, 0.15) is 23.1 Å². The fourth-order valence-corrected chi connectivity index (χ4v) is 3.13. The number of carbonyl (C=O) groups excluding carboxylic acids is 1. The Hall–Kier alpha value is -2.66. The molecule has 1 heterocycles. The van der Waals surface area contributed by atoms with Crippen LogP contribution in [0.15, 0.2) is 47.6 Å². The second kappa shape index (κ2) is 6.84. The van der Waals surface area contributed by atoms with Crippen LogP contribution in [0, 0.1) is 13.8 Å². The first-order valence-corrected chi connectivity index (χ1v) is 8.05. The van der Waals surface area contributed by atoms with Gasteiger partial charge in [0.2, 0.25) is 5.71 Å². The van der Waals surface area contributed by atoms with Crippen LogP contribution in [0.3, 0.4) is 0 Å². The number of hydrogen-bond donors (Lipinski definition) is 2. The quantitative estimate of drug-likeness (QED) is 0.502. The first-order chi connectivity index (χ1) is 11.6. The highest BCUT2D eigenvalue weighted by Gasteiger charge is 2.41. The van der Waals surface area contributed by atoms with Crippen molar-refractivity contribution in [3.8, 4) is 5.75 Å². The Morgan fingerprint density at radius 2 is 1.83 bits per heavy atom. The number of rotatable bonds is 5. The second-order valence-electron chi connectivity index (χ2n) is 5.97. The molecule has 2 aromatic carbocycles. The molecule has 0 aromatic heterocycles. The maximum Gasteiger partial charge on any atom is 0.372 e. The summed E-state index contributed by atoms with van der Waals surface area (Å²) in [7, 11) is 0. The predicted molar refractivity (Wildman–Crippen MR) is 91.3 cm³/mol. The van der Waals surface area contributed by atoms with Crippen molar-refractivity contribution in [3.05, 3.63) is 59.2 Å². The van der Waals surface area contributed by atoms with Crippen molar-refractivity contribution in [2.45, 2.75) is 20.3 Å². The molecule has 0 spiro atoms. The Labute approximate surface area is 141 Å². The average Bonchev–Trinajstić information content (AvgIpc) is 2.85. The molecule has 0 fully saturated rings. The van der Waals surface area contributed by atoms with Crippen LogP contribution in [0.4, 0.5) is 5.69 Å². The van der Waals surface area contributed by atoms with Crippen LogP contribution in [0.5, 0.6) is 5.75 Å². The van der Waals surface area contributed by atoms with E-state index in [1.807, 2.05) is 56.3 Å². The standard InChI is InChI=1S/C19H20N2O3/c1-13-7-3-4-10-16(13)24-12-6-11-21-18-14(2)8-5-9-15(18)17(20-23)19(21)22/h3-5,7-10,23H,6,11-12H2,1-2H3/p+1. The van der Waals surface area contributed by atoms with Gasteiger partial charge in [-0.1, -0.05) is 35.5 Å². The lowest BCUT2D eigenvalue weighted by Gasteiger charge is -2.13. The smallest absolute Gasteiger partial charge is 0.372 e. The van der Waals surface area contributed by atoms with Crippen LogP contribution in [-0.4, -0.2) is 30.0 Å². The summed E-state index contributed by atoms with van der Waals surface area (Å²) in [5, 5.41) is 12.4. The highest BCUT2D eigenvalue weighted by Crippen LogP contribution is 2.22. The maximum atomic E-state index is 12.5. The summed E-state index contributed by atoms with van der Waals surface area (Å²) in [6.07, 6.45) is 0.724. The number of ether oxygens (including phenoxy) is 1. The number of oxime groups is 1. The molecule has 0 saturated carbocycles. The SMILES string of the molecule is Cc1ccccc1OCCC[NH+]1C(=O)C(=NO)c2cccc(C)c21. The summed E-state index contributed by atoms with van der Waals surface area (Å²) in [4.78, 5) is 13.2. The van der Waals surface area contributed by atoms with Gasteiger partial charge < -0.3 is 9.94 Å². The second-order valence-corrected chi connectivity index (χ2v) is 5.97. The van der Waals surface area contributed by atoms with Gasteiger partial charge in [0.25, 0.3) is 0 Å². The highest BCUT2D eigenvalue weighted by atomic mass is 16.5. The van der Waals surface area contributed by atoms with Crippen molar-refractivity contribution in [2.75, 3.05) is 13.2 Å². The van der Waals surface area contributed by atoms with Gasteiger partial charge in [-0.2, -0.15) is 0 Å². The first-order valence-electron chi connectivity index (χ1n) is 8.05. The van der Waals surface area contributed by atoms with Crippen molar-refractivity contribution in [3.63, 3.8) is 0 Å². The van der Waals surface area contributed by atoms with Gasteiger partial charge in [0.15, 0.2) is 5.69 Å². The van der Waals surface area contributed by atoms with E-state index >= 15 is 0 Å². The van der Waals surface area contributed by atoms with Crippen LogP contribution >= 0.6 is 0 Å². The van der Waals surface area contributed by atoms with E-state index in [4.69, 9.17) is 4.74 Å². The van der Waals surface area contributed by atoms with Gasteiger partial charge in [-0.3, -0.25) is 0 Å². The largest absolute Gasteiger partial charge is 0.493 e. The zero-order chi connectivity index (χ0) is 17.1. The number of fused-ring (bicyclic) bond motifs is 1. The fraction of sp³-hybridized carbons (Fsp3) is 0.263. The third kappa shape index (κ3) is 2.90. The van der Waals surface area contributed by atoms with Crippen molar-refractivity contribution >= 4 is 17.3 Å². The molecule has 1 aliphatic rings. The van der Waals surface area contributed by atoms with Gasteiger partial charge in [-0.15, -0.1) is 0 Å². The number of quaternary nitrogens is 1. The summed E-state index contributed by atoms with van der Waals surface area (Å²) >= 11 is 0. The summed E-state index contributed by atoms with van der Waals surface area (Å²) < 4.78 is 5.80. The molecule has 1 unspecified atom stereocenters. The third-order valence-electron chi connectivity index (χ3n) is 4.34. The van der Waals surface area contributed by atoms with E-state index in [9.17, 15) is 10.0 Å². The van der Waals surface area contributed by atoms with E-state index in [2.05, 4.69) is 5.16 Å². The molecule has 24 heavy (non-hydrogen) atoms. The van der Waals surface area contributed by atoms with E-state index in [1.165, 1.54) is 0 Å². The zero-order valence-electron chi connectivity index (χ0n) is 13.9. The number of hydrogen-bond acceptors (Lipinski definition) is 4. The average molecular weight is 325 g/mol. The normalized spacial score (nSPS) is 18.0. The summed E-state index contributed by atoms with van der Waals surface area (Å²) in [5.74, 6) is 0.687. The molecular weight excluding hydrogens is 304 g/mol. The molecule has 5 nitrogen and oxygen atoms in total. The molecule has 2 aromatic rings. The van der Waals surface area contributed by atoms with Gasteiger partial charge in [-0.05, 0) is 31.5 Å². The van der Waals surface area contributed by atoms with Gasteiger partial charge in [-0.25, -0.2) is 9.69 Å². The lowest BCUT2D eigenvalue weighted by molar-refractivity contribution is -0.742. The molecular formula is C19H21N2O3+. The Kier molecular flexibility index (Phi) is 4.62. The molecule has 124 valence electrons. The number of para-hydroxylation sites is 2. The molecule has 0 radical (unpaired) electrons. The molecule has 2 N–H and O–H groups in total. The first kappa shape index (κ1) is 16.2. The number of nitrogens with one attached hydrogen (secondary N) is 1. The number of benzene rings is 2. The lowest BCUT2D eigenvalue weighted by Crippen LogP contribution is -3.09. The Morgan fingerprint density at radius 3 is 2.58 bits per heavy atom. The van der Waals surface area contributed by atoms with Gasteiger partial charge in [0.1, 0.15) is 5.75 Å². The monoisotopic (exact) mass is 325 g/mol. The van der Waals surface area contributed by atoms with Crippen molar-refractivity contribution in [2.24, 2.45) is 5.16 Å². The van der Waals surface area contributed by atoms with Crippen molar-refractivity contribution in [1.82, 2.24) is 0 Å². The predicted octanol–water partition coefficient (Wildman–Crippen LogP) is 2.01. The Morgan fingerprint density at radius 1 is 1.08 bits per heavy atom. The van der Waals surface area contributed by atoms with Gasteiger partial charge in [0, 0.05) is 12.0 Å². The van der Waals surface area contributed by atoms with Crippen LogP contribution in [0.2, 0.25) is 0 Å². The topological polar surface area (TPSA) is 63.3 Å². The molecule has 1 atom stereocenters. The van der Waals surface area contributed by atoms with Crippen LogP contribution in [-0.2, 0) is 4.79 Å². The third-order valence-corrected chi connectivity index (χ3v) is 4.34. The maximum absolute atomic E-state index is 12.5. The van der Waals surface area contributed by atoms with Crippen molar-refractivity contribution < 1.29 is 19.6 Å². The molecule has 0 bridgehead atoms. The lowest BCUT2D eigenvalue weighted by atomic mass is 10.1. The molecule has 0 aliphatic carbocycles. The number of aryl methyl sites for hydroxylation is 2. The Bertz CT molecular complexity index is 799. The highest BCUT2D eigenvalue weighted by molar-refractivity contribution is 6.45. The van der Waals surface area contributed by atoms with E-state index in [0.717, 1.165) is 34.5 Å². The fourth-order valence-electron chi connectivity index (χ4n) is 3.13. The number of amides is 1. The molecule has 3 rings (SSSR count). The minimum atomic E-state index is -0.183. The Balaban J connectivity index is 1.68. The minimum Gasteiger partial charge on any atom is -0.493 e. The van der Waals surface area contributed by atoms with E-state index < -0.39 is 0 Å². The van der Waals surface area contributed by atoms with E-state index in [-0.39, 0.29) is 11.6 Å². The number of nitrogens with zero attached hydrogens (tertiary/aromatic N) is 1. The molecule has 5 heteroatoms. The van der Waals surface area contributed by atoms with Crippen molar-refractivity contribution in [1.29, 1.82) is 0 Å². The van der Waals surface area contributed by atoms with Gasteiger partial charge >= 0.3 is 5.91 Å². The van der Waals surface area contributed by atoms with Gasteiger partial charge in [0.05, 0.1) is 18.7 Å².